The summed E-state index contributed by atoms with van der Waals surface area (Å²) in [5.41, 5.74) is 1.08. The second-order valence-corrected chi connectivity index (χ2v) is 3.54. The van der Waals surface area contributed by atoms with Crippen molar-refractivity contribution < 1.29 is 14.3 Å². The molecule has 86 valence electrons. The fourth-order valence-corrected chi connectivity index (χ4v) is 1.57. The third-order valence-electron chi connectivity index (χ3n) is 1.91. The molecular formula is C12H13BrO3. The molecule has 0 unspecified atom stereocenters. The van der Waals surface area contributed by atoms with E-state index in [0.29, 0.717) is 6.61 Å². The Labute approximate surface area is 103 Å². The molecule has 0 heterocycles. The molecule has 0 saturated heterocycles. The van der Waals surface area contributed by atoms with E-state index in [0.717, 1.165) is 16.6 Å². The van der Waals surface area contributed by atoms with Gasteiger partial charge < -0.3 is 9.47 Å². The smallest absolute Gasteiger partial charge is 0.330 e. The molecule has 0 amide bonds. The Morgan fingerprint density at radius 3 is 2.88 bits per heavy atom. The number of hydrogen-bond donors (Lipinski definition) is 0. The van der Waals surface area contributed by atoms with Gasteiger partial charge in [0, 0.05) is 17.0 Å². The zero-order valence-electron chi connectivity index (χ0n) is 8.98. The second-order valence-electron chi connectivity index (χ2n) is 2.98. The fraction of sp³-hybridized carbons (Fsp3) is 0.250. The second kappa shape index (κ2) is 7.06. The van der Waals surface area contributed by atoms with E-state index in [1.54, 1.807) is 6.08 Å². The summed E-state index contributed by atoms with van der Waals surface area (Å²) < 4.78 is 9.96. The van der Waals surface area contributed by atoms with Crippen molar-refractivity contribution in [1.82, 2.24) is 0 Å². The first-order valence-corrected chi connectivity index (χ1v) is 5.91. The zero-order valence-corrected chi connectivity index (χ0v) is 10.6. The molecule has 1 aromatic carbocycles. The lowest BCUT2D eigenvalue weighted by Gasteiger charge is -2.07. The Morgan fingerprint density at radius 2 is 2.19 bits per heavy atom. The summed E-state index contributed by atoms with van der Waals surface area (Å²) in [6.07, 6.45) is 2.97. The molecule has 16 heavy (non-hydrogen) atoms. The van der Waals surface area contributed by atoms with Gasteiger partial charge >= 0.3 is 5.97 Å². The summed E-state index contributed by atoms with van der Waals surface area (Å²) in [7, 11) is 1.34. The number of ether oxygens (including phenoxy) is 2. The van der Waals surface area contributed by atoms with Crippen LogP contribution in [0.2, 0.25) is 0 Å². The van der Waals surface area contributed by atoms with Gasteiger partial charge in [-0.15, -0.1) is 0 Å². The van der Waals surface area contributed by atoms with Crippen LogP contribution in [0.5, 0.6) is 5.75 Å². The molecule has 0 aliphatic carbocycles. The molecule has 0 radical (unpaired) electrons. The van der Waals surface area contributed by atoms with Gasteiger partial charge in [-0.2, -0.15) is 0 Å². The van der Waals surface area contributed by atoms with Gasteiger partial charge in [0.15, 0.2) is 0 Å². The fourth-order valence-electron chi connectivity index (χ4n) is 1.11. The summed E-state index contributed by atoms with van der Waals surface area (Å²) in [6.45, 7) is 0.346. The van der Waals surface area contributed by atoms with Crippen LogP contribution < -0.4 is 4.74 Å². The van der Waals surface area contributed by atoms with E-state index in [2.05, 4.69) is 20.7 Å². The summed E-state index contributed by atoms with van der Waals surface area (Å²) in [4.78, 5) is 10.8. The molecule has 0 saturated carbocycles. The van der Waals surface area contributed by atoms with Crippen LogP contribution in [0, 0.1) is 0 Å². The third-order valence-corrected chi connectivity index (χ3v) is 2.51. The van der Waals surface area contributed by atoms with Crippen LogP contribution in [-0.2, 0) is 14.9 Å². The summed E-state index contributed by atoms with van der Waals surface area (Å²) >= 11 is 3.38. The van der Waals surface area contributed by atoms with Crippen molar-refractivity contribution in [1.29, 1.82) is 0 Å². The van der Waals surface area contributed by atoms with Gasteiger partial charge in [0.1, 0.15) is 12.4 Å². The normalized spacial score (nSPS) is 10.4. The van der Waals surface area contributed by atoms with Crippen LogP contribution in [-0.4, -0.2) is 19.7 Å². The maximum Gasteiger partial charge on any atom is 0.330 e. The number of hydrogen-bond acceptors (Lipinski definition) is 3. The van der Waals surface area contributed by atoms with Crippen molar-refractivity contribution in [2.24, 2.45) is 0 Å². The number of rotatable bonds is 5. The minimum absolute atomic E-state index is 0.346. The van der Waals surface area contributed by atoms with Gasteiger partial charge in [-0.1, -0.05) is 34.1 Å². The SMILES string of the molecule is COC(=O)/C=C/COc1ccccc1CBr. The Morgan fingerprint density at radius 1 is 1.44 bits per heavy atom. The largest absolute Gasteiger partial charge is 0.489 e. The number of carbonyl (C=O) groups excluding carboxylic acids is 1. The number of benzene rings is 1. The molecule has 4 heteroatoms. The molecule has 3 nitrogen and oxygen atoms in total. The highest BCUT2D eigenvalue weighted by molar-refractivity contribution is 9.08. The van der Waals surface area contributed by atoms with Crippen molar-refractivity contribution in [2.45, 2.75) is 5.33 Å². The van der Waals surface area contributed by atoms with E-state index in [1.807, 2.05) is 24.3 Å². The van der Waals surface area contributed by atoms with Gasteiger partial charge in [0.05, 0.1) is 7.11 Å². The third kappa shape index (κ3) is 4.06. The first kappa shape index (κ1) is 12.8. The minimum Gasteiger partial charge on any atom is -0.489 e. The van der Waals surface area contributed by atoms with E-state index >= 15 is 0 Å². The van der Waals surface area contributed by atoms with Crippen molar-refractivity contribution in [2.75, 3.05) is 13.7 Å². The van der Waals surface area contributed by atoms with Crippen molar-refractivity contribution in [3.63, 3.8) is 0 Å². The standard InChI is InChI=1S/C12H13BrO3/c1-15-12(14)7-4-8-16-11-6-3-2-5-10(11)9-13/h2-7H,8-9H2,1H3/b7-4+. The highest BCUT2D eigenvalue weighted by Gasteiger charge is 1.99. The van der Waals surface area contributed by atoms with E-state index in [4.69, 9.17) is 4.74 Å². The molecule has 0 spiro atoms. The summed E-state index contributed by atoms with van der Waals surface area (Å²) in [5, 5.41) is 0.740. The number of halogens is 1. The quantitative estimate of drug-likeness (QED) is 0.474. The molecule has 0 aliphatic heterocycles. The van der Waals surface area contributed by atoms with Gasteiger partial charge in [-0.05, 0) is 12.1 Å². The maximum atomic E-state index is 10.8. The number of carbonyl (C=O) groups is 1. The number of alkyl halides is 1. The highest BCUT2D eigenvalue weighted by atomic mass is 79.9. The predicted octanol–water partition coefficient (Wildman–Crippen LogP) is 2.69. The average Bonchev–Trinajstić information content (AvgIpc) is 2.34. The van der Waals surface area contributed by atoms with E-state index in [-0.39, 0.29) is 5.97 Å². The van der Waals surface area contributed by atoms with Gasteiger partial charge in [-0.3, -0.25) is 0 Å². The van der Waals surface area contributed by atoms with Crippen LogP contribution in [0.3, 0.4) is 0 Å². The minimum atomic E-state index is -0.377. The highest BCUT2D eigenvalue weighted by Crippen LogP contribution is 2.20. The van der Waals surface area contributed by atoms with Gasteiger partial charge in [0.2, 0.25) is 0 Å². The van der Waals surface area contributed by atoms with Crippen LogP contribution in [0.4, 0.5) is 0 Å². The lowest BCUT2D eigenvalue weighted by Crippen LogP contribution is -1.99. The molecule has 1 aromatic rings. The number of methoxy groups -OCH3 is 1. The van der Waals surface area contributed by atoms with E-state index in [1.165, 1.54) is 13.2 Å². The molecule has 0 atom stereocenters. The van der Waals surface area contributed by atoms with Crippen molar-refractivity contribution in [3.8, 4) is 5.75 Å². The van der Waals surface area contributed by atoms with Crippen LogP contribution in [0.15, 0.2) is 36.4 Å². The predicted molar refractivity (Wildman–Crippen MR) is 65.7 cm³/mol. The maximum absolute atomic E-state index is 10.8. The summed E-state index contributed by atoms with van der Waals surface area (Å²) in [5.74, 6) is 0.436. The first-order valence-electron chi connectivity index (χ1n) is 4.79. The Balaban J connectivity index is 2.48. The molecule has 0 aliphatic rings. The Kier molecular flexibility index (Phi) is 5.64. The van der Waals surface area contributed by atoms with E-state index in [9.17, 15) is 4.79 Å². The topological polar surface area (TPSA) is 35.5 Å². The molecule has 0 N–H and O–H groups in total. The van der Waals surface area contributed by atoms with Crippen molar-refractivity contribution in [3.05, 3.63) is 42.0 Å². The number of para-hydroxylation sites is 1. The van der Waals surface area contributed by atoms with Crippen LogP contribution in [0.1, 0.15) is 5.56 Å². The van der Waals surface area contributed by atoms with Crippen LogP contribution >= 0.6 is 15.9 Å². The summed E-state index contributed by atoms with van der Waals surface area (Å²) in [6, 6.07) is 7.73. The van der Waals surface area contributed by atoms with E-state index < -0.39 is 0 Å². The first-order chi connectivity index (χ1) is 7.77. The molecule has 1 rings (SSSR count). The average molecular weight is 285 g/mol. The lowest BCUT2D eigenvalue weighted by atomic mass is 10.2. The zero-order chi connectivity index (χ0) is 11.8. The number of esters is 1. The van der Waals surface area contributed by atoms with Gasteiger partial charge in [-0.25, -0.2) is 4.79 Å². The molecule has 0 bridgehead atoms. The monoisotopic (exact) mass is 284 g/mol. The van der Waals surface area contributed by atoms with Crippen molar-refractivity contribution >= 4 is 21.9 Å². The Hall–Kier alpha value is -1.29. The van der Waals surface area contributed by atoms with Gasteiger partial charge in [0.25, 0.3) is 0 Å². The molecule has 0 fully saturated rings. The van der Waals surface area contributed by atoms with Crippen LogP contribution in [0.25, 0.3) is 0 Å². The molecular weight excluding hydrogens is 272 g/mol. The molecule has 0 aromatic heterocycles. The Bertz CT molecular complexity index is 374. The lowest BCUT2D eigenvalue weighted by molar-refractivity contribution is -0.134.